The second kappa shape index (κ2) is 4.93. The molecule has 0 radical (unpaired) electrons. The molecule has 1 amide bonds. The summed E-state index contributed by atoms with van der Waals surface area (Å²) in [6, 6.07) is 0. The van der Waals surface area contributed by atoms with Gasteiger partial charge in [-0.2, -0.15) is 0 Å². The van der Waals surface area contributed by atoms with E-state index in [-0.39, 0.29) is 12.5 Å². The molecule has 0 spiro atoms. The van der Waals surface area contributed by atoms with E-state index in [0.717, 1.165) is 0 Å². The summed E-state index contributed by atoms with van der Waals surface area (Å²) in [5.74, 6) is 0.581. The predicted octanol–water partition coefficient (Wildman–Crippen LogP) is 0.654. The van der Waals surface area contributed by atoms with Crippen molar-refractivity contribution in [1.29, 1.82) is 0 Å². The summed E-state index contributed by atoms with van der Waals surface area (Å²) in [6.45, 7) is 0.252. The minimum atomic E-state index is -0.000671. The van der Waals surface area contributed by atoms with Crippen molar-refractivity contribution >= 4 is 23.3 Å². The van der Waals surface area contributed by atoms with Gasteiger partial charge in [-0.05, 0) is 0 Å². The summed E-state index contributed by atoms with van der Waals surface area (Å²) in [5, 5.41) is 0.316. The molecule has 15 heavy (non-hydrogen) atoms. The fraction of sp³-hybridized carbons (Fsp3) is 0.444. The number of amides is 1. The van der Waals surface area contributed by atoms with E-state index in [0.29, 0.717) is 11.0 Å². The Morgan fingerprint density at radius 3 is 2.60 bits per heavy atom. The third-order valence-electron chi connectivity index (χ3n) is 1.85. The Bertz CT molecular complexity index is 356. The first-order valence-corrected chi connectivity index (χ1v) is 4.77. The van der Waals surface area contributed by atoms with Gasteiger partial charge in [-0.15, -0.1) is 0 Å². The second-order valence-corrected chi connectivity index (χ2v) is 3.73. The lowest BCUT2D eigenvalue weighted by Gasteiger charge is -2.19. The van der Waals surface area contributed by atoms with Crippen LogP contribution in [0.3, 0.4) is 0 Å². The Morgan fingerprint density at radius 1 is 1.40 bits per heavy atom. The first-order chi connectivity index (χ1) is 7.00. The number of nitrogens with zero attached hydrogens (tertiary/aromatic N) is 4. The zero-order valence-electron chi connectivity index (χ0n) is 8.94. The molecule has 0 saturated carbocycles. The molecule has 1 aromatic heterocycles. The number of hydrogen-bond acceptors (Lipinski definition) is 4. The van der Waals surface area contributed by atoms with Crippen LogP contribution >= 0.6 is 11.6 Å². The van der Waals surface area contributed by atoms with Gasteiger partial charge in [-0.3, -0.25) is 9.78 Å². The summed E-state index contributed by atoms with van der Waals surface area (Å²) in [5.41, 5.74) is 0. The van der Waals surface area contributed by atoms with Gasteiger partial charge in [0.15, 0.2) is 0 Å². The molecule has 82 valence electrons. The molecule has 1 aromatic rings. The fourth-order valence-corrected chi connectivity index (χ4v) is 1.08. The lowest BCUT2D eigenvalue weighted by atomic mass is 10.4. The summed E-state index contributed by atoms with van der Waals surface area (Å²) in [7, 11) is 5.18. The van der Waals surface area contributed by atoms with Crippen molar-refractivity contribution in [2.45, 2.75) is 0 Å². The van der Waals surface area contributed by atoms with E-state index < -0.39 is 0 Å². The largest absolute Gasteiger partial charge is 0.349 e. The molecule has 0 aliphatic rings. The van der Waals surface area contributed by atoms with Crippen LogP contribution in [0.5, 0.6) is 0 Å². The van der Waals surface area contributed by atoms with E-state index in [1.165, 1.54) is 11.1 Å². The molecule has 0 aromatic carbocycles. The molecule has 0 aliphatic heterocycles. The Morgan fingerprint density at radius 2 is 2.07 bits per heavy atom. The molecule has 6 heteroatoms. The minimum absolute atomic E-state index is 0.000671. The van der Waals surface area contributed by atoms with Crippen LogP contribution in [0.1, 0.15) is 0 Å². The van der Waals surface area contributed by atoms with E-state index in [2.05, 4.69) is 9.97 Å². The quantitative estimate of drug-likeness (QED) is 0.763. The van der Waals surface area contributed by atoms with Crippen LogP contribution in [-0.4, -0.2) is 48.5 Å². The van der Waals surface area contributed by atoms with Crippen LogP contribution in [0.4, 0.5) is 5.82 Å². The zero-order valence-corrected chi connectivity index (χ0v) is 9.69. The molecule has 5 nitrogen and oxygen atoms in total. The van der Waals surface area contributed by atoms with Crippen molar-refractivity contribution < 1.29 is 4.79 Å². The maximum Gasteiger partial charge on any atom is 0.241 e. The smallest absolute Gasteiger partial charge is 0.241 e. The van der Waals surface area contributed by atoms with Gasteiger partial charge >= 0.3 is 0 Å². The van der Waals surface area contributed by atoms with Gasteiger partial charge in [0.25, 0.3) is 0 Å². The van der Waals surface area contributed by atoms with Gasteiger partial charge in [0.1, 0.15) is 11.0 Å². The summed E-state index contributed by atoms with van der Waals surface area (Å²) < 4.78 is 0. The van der Waals surface area contributed by atoms with Gasteiger partial charge in [-0.1, -0.05) is 11.6 Å². The van der Waals surface area contributed by atoms with Crippen molar-refractivity contribution in [3.8, 4) is 0 Å². The van der Waals surface area contributed by atoms with Crippen LogP contribution in [0, 0.1) is 0 Å². The topological polar surface area (TPSA) is 49.3 Å². The molecule has 1 rings (SSSR count). The highest BCUT2D eigenvalue weighted by Crippen LogP contribution is 2.10. The average molecular weight is 229 g/mol. The monoisotopic (exact) mass is 228 g/mol. The van der Waals surface area contributed by atoms with Crippen molar-refractivity contribution in [1.82, 2.24) is 14.9 Å². The van der Waals surface area contributed by atoms with Gasteiger partial charge in [0, 0.05) is 21.1 Å². The zero-order chi connectivity index (χ0) is 11.4. The molecular weight excluding hydrogens is 216 g/mol. The Hall–Kier alpha value is -1.36. The number of anilines is 1. The van der Waals surface area contributed by atoms with E-state index in [1.54, 1.807) is 32.2 Å². The fourth-order valence-electron chi connectivity index (χ4n) is 0.942. The molecule has 1 heterocycles. The number of hydrogen-bond donors (Lipinski definition) is 0. The minimum Gasteiger partial charge on any atom is -0.349 e. The third-order valence-corrected chi connectivity index (χ3v) is 2.04. The molecule has 0 N–H and O–H groups in total. The van der Waals surface area contributed by atoms with Crippen molar-refractivity contribution in [2.24, 2.45) is 0 Å². The first kappa shape index (κ1) is 11.7. The normalized spacial score (nSPS) is 9.87. The number of aromatic nitrogens is 2. The molecule has 0 unspecified atom stereocenters. The van der Waals surface area contributed by atoms with E-state index in [1.807, 2.05) is 0 Å². The van der Waals surface area contributed by atoms with Crippen molar-refractivity contribution in [2.75, 3.05) is 32.6 Å². The highest BCUT2D eigenvalue weighted by molar-refractivity contribution is 6.29. The Balaban J connectivity index is 2.69. The van der Waals surface area contributed by atoms with Gasteiger partial charge in [-0.25, -0.2) is 4.98 Å². The Kier molecular flexibility index (Phi) is 3.85. The SMILES string of the molecule is CN(C)C(=O)CN(C)c1cncc(Cl)n1. The molecular formula is C9H13ClN4O. The summed E-state index contributed by atoms with van der Waals surface area (Å²) >= 11 is 5.69. The highest BCUT2D eigenvalue weighted by atomic mass is 35.5. The van der Waals surface area contributed by atoms with Crippen LogP contribution in [0.25, 0.3) is 0 Å². The van der Waals surface area contributed by atoms with Gasteiger partial charge in [0.05, 0.1) is 18.9 Å². The average Bonchev–Trinajstić information content (AvgIpc) is 2.17. The first-order valence-electron chi connectivity index (χ1n) is 4.39. The maximum atomic E-state index is 11.4. The third kappa shape index (κ3) is 3.36. The summed E-state index contributed by atoms with van der Waals surface area (Å²) in [4.78, 5) is 22.6. The van der Waals surface area contributed by atoms with E-state index in [9.17, 15) is 4.79 Å². The molecule has 0 bridgehead atoms. The molecule has 0 saturated heterocycles. The molecule has 0 aliphatic carbocycles. The number of rotatable bonds is 3. The number of likely N-dealkylation sites (N-methyl/N-ethyl adjacent to an activating group) is 2. The number of carbonyl (C=O) groups excluding carboxylic acids is 1. The molecule has 0 atom stereocenters. The van der Waals surface area contributed by atoms with E-state index in [4.69, 9.17) is 11.6 Å². The van der Waals surface area contributed by atoms with Crippen LogP contribution in [0.15, 0.2) is 12.4 Å². The predicted molar refractivity (Wildman–Crippen MR) is 59.0 cm³/mol. The van der Waals surface area contributed by atoms with Crippen LogP contribution in [0.2, 0.25) is 5.15 Å². The summed E-state index contributed by atoms with van der Waals surface area (Å²) in [6.07, 6.45) is 3.02. The van der Waals surface area contributed by atoms with Gasteiger partial charge < -0.3 is 9.80 Å². The van der Waals surface area contributed by atoms with Crippen molar-refractivity contribution in [3.05, 3.63) is 17.5 Å². The van der Waals surface area contributed by atoms with Crippen LogP contribution in [-0.2, 0) is 4.79 Å². The number of carbonyl (C=O) groups is 1. The number of halogens is 1. The van der Waals surface area contributed by atoms with E-state index >= 15 is 0 Å². The maximum absolute atomic E-state index is 11.4. The molecule has 0 fully saturated rings. The van der Waals surface area contributed by atoms with Crippen molar-refractivity contribution in [3.63, 3.8) is 0 Å². The van der Waals surface area contributed by atoms with Crippen LogP contribution < -0.4 is 4.90 Å². The second-order valence-electron chi connectivity index (χ2n) is 3.34. The standard InChI is InChI=1S/C9H13ClN4O/c1-13(2)9(15)6-14(3)8-5-11-4-7(10)12-8/h4-5H,6H2,1-3H3. The highest BCUT2D eigenvalue weighted by Gasteiger charge is 2.10. The van der Waals surface area contributed by atoms with Gasteiger partial charge in [0.2, 0.25) is 5.91 Å². The lowest BCUT2D eigenvalue weighted by molar-refractivity contribution is -0.127. The lowest BCUT2D eigenvalue weighted by Crippen LogP contribution is -2.34. The Labute approximate surface area is 93.7 Å².